The van der Waals surface area contributed by atoms with E-state index in [1.165, 1.54) is 0 Å². The van der Waals surface area contributed by atoms with Gasteiger partial charge in [-0.15, -0.1) is 6.42 Å². The summed E-state index contributed by atoms with van der Waals surface area (Å²) in [5.41, 5.74) is -0.0260. The molecule has 0 radical (unpaired) electrons. The number of rotatable bonds is 6. The molecule has 0 aliphatic heterocycles. The summed E-state index contributed by atoms with van der Waals surface area (Å²) in [5.74, 6) is 2.32. The normalized spacial score (nSPS) is 17.1. The SMILES string of the molecule is C#CCNCC(=O)NCC1(CO)CC1. The average Bonchev–Trinajstić information content (AvgIpc) is 2.96. The predicted octanol–water partition coefficient (Wildman–Crippen LogP) is -0.902. The first kappa shape index (κ1) is 11.0. The number of aliphatic hydroxyl groups is 1. The van der Waals surface area contributed by atoms with Gasteiger partial charge < -0.3 is 10.4 Å². The van der Waals surface area contributed by atoms with E-state index in [0.717, 1.165) is 12.8 Å². The van der Waals surface area contributed by atoms with Crippen molar-refractivity contribution in [3.8, 4) is 12.3 Å². The van der Waals surface area contributed by atoms with Crippen molar-refractivity contribution >= 4 is 5.91 Å². The number of carbonyl (C=O) groups excluding carboxylic acids is 1. The minimum absolute atomic E-state index is 0.0260. The maximum Gasteiger partial charge on any atom is 0.234 e. The fraction of sp³-hybridized carbons (Fsp3) is 0.700. The molecule has 0 spiro atoms. The van der Waals surface area contributed by atoms with E-state index < -0.39 is 0 Å². The lowest BCUT2D eigenvalue weighted by Gasteiger charge is -2.12. The minimum atomic E-state index is -0.0695. The molecule has 1 aliphatic rings. The van der Waals surface area contributed by atoms with Crippen molar-refractivity contribution in [2.24, 2.45) is 5.41 Å². The maximum atomic E-state index is 11.2. The molecular weight excluding hydrogens is 180 g/mol. The van der Waals surface area contributed by atoms with Crippen LogP contribution in [0.5, 0.6) is 0 Å². The maximum absolute atomic E-state index is 11.2. The highest BCUT2D eigenvalue weighted by atomic mass is 16.3. The predicted molar refractivity (Wildman–Crippen MR) is 53.5 cm³/mol. The van der Waals surface area contributed by atoms with Crippen molar-refractivity contribution in [3.63, 3.8) is 0 Å². The second-order valence-corrected chi connectivity index (χ2v) is 3.74. The second kappa shape index (κ2) is 4.99. The zero-order chi connectivity index (χ0) is 10.4. The molecule has 0 heterocycles. The van der Waals surface area contributed by atoms with E-state index in [1.807, 2.05) is 0 Å². The number of aliphatic hydroxyl groups excluding tert-OH is 1. The Bertz CT molecular complexity index is 241. The van der Waals surface area contributed by atoms with Crippen LogP contribution in [0.3, 0.4) is 0 Å². The van der Waals surface area contributed by atoms with Gasteiger partial charge in [0.25, 0.3) is 0 Å². The molecule has 0 unspecified atom stereocenters. The fourth-order valence-corrected chi connectivity index (χ4v) is 1.16. The molecule has 14 heavy (non-hydrogen) atoms. The van der Waals surface area contributed by atoms with E-state index in [2.05, 4.69) is 16.6 Å². The van der Waals surface area contributed by atoms with Gasteiger partial charge in [0.15, 0.2) is 0 Å². The van der Waals surface area contributed by atoms with Crippen LogP contribution in [0.4, 0.5) is 0 Å². The van der Waals surface area contributed by atoms with Gasteiger partial charge in [0.2, 0.25) is 5.91 Å². The van der Waals surface area contributed by atoms with Gasteiger partial charge in [0.1, 0.15) is 0 Å². The molecule has 0 bridgehead atoms. The number of amides is 1. The van der Waals surface area contributed by atoms with Gasteiger partial charge in [-0.2, -0.15) is 0 Å². The first-order valence-electron chi connectivity index (χ1n) is 4.74. The first-order chi connectivity index (χ1) is 6.72. The Kier molecular flexibility index (Phi) is 3.93. The highest BCUT2D eigenvalue weighted by Gasteiger charge is 2.41. The van der Waals surface area contributed by atoms with Gasteiger partial charge in [-0.05, 0) is 12.8 Å². The molecule has 4 heteroatoms. The van der Waals surface area contributed by atoms with E-state index in [1.54, 1.807) is 0 Å². The molecule has 1 fully saturated rings. The van der Waals surface area contributed by atoms with Crippen molar-refractivity contribution < 1.29 is 9.90 Å². The van der Waals surface area contributed by atoms with Crippen molar-refractivity contribution in [3.05, 3.63) is 0 Å². The van der Waals surface area contributed by atoms with Crippen LogP contribution in [-0.2, 0) is 4.79 Å². The van der Waals surface area contributed by atoms with E-state index >= 15 is 0 Å². The summed E-state index contributed by atoms with van der Waals surface area (Å²) in [4.78, 5) is 11.2. The molecule has 0 atom stereocenters. The molecule has 0 aromatic heterocycles. The summed E-state index contributed by atoms with van der Waals surface area (Å²) < 4.78 is 0. The Hall–Kier alpha value is -1.05. The largest absolute Gasteiger partial charge is 0.396 e. The molecule has 0 aromatic carbocycles. The minimum Gasteiger partial charge on any atom is -0.396 e. The second-order valence-electron chi connectivity index (χ2n) is 3.74. The zero-order valence-corrected chi connectivity index (χ0v) is 8.18. The summed E-state index contributed by atoms with van der Waals surface area (Å²) in [6.07, 6.45) is 7.02. The molecule has 1 aliphatic carbocycles. The molecule has 3 N–H and O–H groups in total. The van der Waals surface area contributed by atoms with Crippen molar-refractivity contribution in [2.45, 2.75) is 12.8 Å². The zero-order valence-electron chi connectivity index (χ0n) is 8.18. The number of nitrogens with one attached hydrogen (secondary N) is 2. The number of hydrogen-bond donors (Lipinski definition) is 3. The third-order valence-corrected chi connectivity index (χ3v) is 2.47. The van der Waals surface area contributed by atoms with Crippen LogP contribution in [0.2, 0.25) is 0 Å². The molecule has 0 saturated heterocycles. The van der Waals surface area contributed by atoms with E-state index in [0.29, 0.717) is 13.1 Å². The van der Waals surface area contributed by atoms with Gasteiger partial charge in [0.05, 0.1) is 19.7 Å². The van der Waals surface area contributed by atoms with Crippen LogP contribution in [0, 0.1) is 17.8 Å². The molecule has 0 aromatic rings. The number of carbonyl (C=O) groups is 1. The van der Waals surface area contributed by atoms with E-state index in [4.69, 9.17) is 11.5 Å². The van der Waals surface area contributed by atoms with Gasteiger partial charge in [0, 0.05) is 12.0 Å². The highest BCUT2D eigenvalue weighted by Crippen LogP contribution is 2.44. The fourth-order valence-electron chi connectivity index (χ4n) is 1.16. The Morgan fingerprint density at radius 2 is 2.29 bits per heavy atom. The molecular formula is C10H16N2O2. The van der Waals surface area contributed by atoms with E-state index in [9.17, 15) is 4.79 Å². The van der Waals surface area contributed by atoms with E-state index in [-0.39, 0.29) is 24.5 Å². The summed E-state index contributed by atoms with van der Waals surface area (Å²) in [6.45, 7) is 1.37. The average molecular weight is 196 g/mol. The Labute approximate surface area is 84.1 Å². The topological polar surface area (TPSA) is 61.4 Å². The molecule has 1 saturated carbocycles. The third kappa shape index (κ3) is 3.36. The first-order valence-corrected chi connectivity index (χ1v) is 4.74. The standard InChI is InChI=1S/C10H16N2O2/c1-2-5-11-6-9(14)12-7-10(8-13)3-4-10/h1,11,13H,3-8H2,(H,12,14). The number of terminal acetylenes is 1. The summed E-state index contributed by atoms with van der Waals surface area (Å²) in [6, 6.07) is 0. The van der Waals surface area contributed by atoms with Gasteiger partial charge >= 0.3 is 0 Å². The van der Waals surface area contributed by atoms with Crippen molar-refractivity contribution in [2.75, 3.05) is 26.2 Å². The van der Waals surface area contributed by atoms with Gasteiger partial charge in [-0.1, -0.05) is 5.92 Å². The molecule has 1 amide bonds. The summed E-state index contributed by atoms with van der Waals surface area (Å²) >= 11 is 0. The monoisotopic (exact) mass is 196 g/mol. The Morgan fingerprint density at radius 3 is 2.79 bits per heavy atom. The van der Waals surface area contributed by atoms with Crippen LogP contribution in [-0.4, -0.2) is 37.3 Å². The highest BCUT2D eigenvalue weighted by molar-refractivity contribution is 5.78. The molecule has 78 valence electrons. The summed E-state index contributed by atoms with van der Waals surface area (Å²) in [5, 5.41) is 14.6. The lowest BCUT2D eigenvalue weighted by atomic mass is 10.1. The number of hydrogen-bond acceptors (Lipinski definition) is 3. The lowest BCUT2D eigenvalue weighted by Crippen LogP contribution is -2.38. The van der Waals surface area contributed by atoms with Crippen molar-refractivity contribution in [1.82, 2.24) is 10.6 Å². The van der Waals surface area contributed by atoms with Gasteiger partial charge in [-0.3, -0.25) is 10.1 Å². The lowest BCUT2D eigenvalue weighted by molar-refractivity contribution is -0.120. The van der Waals surface area contributed by atoms with Crippen molar-refractivity contribution in [1.29, 1.82) is 0 Å². The van der Waals surface area contributed by atoms with Crippen LogP contribution < -0.4 is 10.6 Å². The van der Waals surface area contributed by atoms with Crippen LogP contribution in [0.1, 0.15) is 12.8 Å². The van der Waals surface area contributed by atoms with Crippen LogP contribution in [0.25, 0.3) is 0 Å². The molecule has 4 nitrogen and oxygen atoms in total. The van der Waals surface area contributed by atoms with Crippen LogP contribution in [0.15, 0.2) is 0 Å². The third-order valence-electron chi connectivity index (χ3n) is 2.47. The Balaban J connectivity index is 2.07. The quantitative estimate of drug-likeness (QED) is 0.381. The summed E-state index contributed by atoms with van der Waals surface area (Å²) in [7, 11) is 0. The van der Waals surface area contributed by atoms with Gasteiger partial charge in [-0.25, -0.2) is 0 Å². The smallest absolute Gasteiger partial charge is 0.234 e. The molecule has 1 rings (SSSR count). The Morgan fingerprint density at radius 1 is 1.57 bits per heavy atom. The van der Waals surface area contributed by atoms with Crippen LogP contribution >= 0.6 is 0 Å².